The summed E-state index contributed by atoms with van der Waals surface area (Å²) in [5.74, 6) is -0.291. The summed E-state index contributed by atoms with van der Waals surface area (Å²) in [4.78, 5) is 34.5. The van der Waals surface area contributed by atoms with Gasteiger partial charge in [0, 0.05) is 61.2 Å². The van der Waals surface area contributed by atoms with Gasteiger partial charge in [-0.3, -0.25) is 4.79 Å². The lowest BCUT2D eigenvalue weighted by molar-refractivity contribution is -0.118. The molecule has 2 unspecified atom stereocenters. The Morgan fingerprint density at radius 2 is 1.71 bits per heavy atom. The Kier molecular flexibility index (Phi) is 9.07. The fourth-order valence-corrected chi connectivity index (χ4v) is 5.51. The van der Waals surface area contributed by atoms with E-state index in [4.69, 9.17) is 4.74 Å². The van der Waals surface area contributed by atoms with E-state index in [-0.39, 0.29) is 29.8 Å². The van der Waals surface area contributed by atoms with Crippen molar-refractivity contribution in [2.24, 2.45) is 0 Å². The number of para-hydroxylation sites is 2. The highest BCUT2D eigenvalue weighted by Crippen LogP contribution is 2.29. The van der Waals surface area contributed by atoms with Crippen molar-refractivity contribution < 1.29 is 18.7 Å². The highest BCUT2D eigenvalue weighted by atomic mass is 19.1. The lowest BCUT2D eigenvalue weighted by Crippen LogP contribution is -2.53. The summed E-state index contributed by atoms with van der Waals surface area (Å²) >= 11 is 0. The van der Waals surface area contributed by atoms with E-state index in [0.29, 0.717) is 38.2 Å². The molecule has 4 aromatic rings. The number of halogens is 1. The Balaban J connectivity index is 1.31. The van der Waals surface area contributed by atoms with Crippen molar-refractivity contribution in [3.8, 4) is 5.75 Å². The van der Waals surface area contributed by atoms with Crippen molar-refractivity contribution in [1.29, 1.82) is 0 Å². The molecule has 1 aromatic heterocycles. The van der Waals surface area contributed by atoms with Gasteiger partial charge in [-0.05, 0) is 61.6 Å². The Bertz CT molecular complexity index is 1510. The minimum absolute atomic E-state index is 0.0723. The van der Waals surface area contributed by atoms with Crippen LogP contribution in [0.25, 0.3) is 10.9 Å². The number of hydrogen-bond acceptors (Lipinski definition) is 4. The lowest BCUT2D eigenvalue weighted by atomic mass is 9.92. The number of nitrogens with one attached hydrogen (secondary N) is 3. The third-order valence-electron chi connectivity index (χ3n) is 7.78. The second-order valence-electron chi connectivity index (χ2n) is 11.1. The van der Waals surface area contributed by atoms with Gasteiger partial charge in [-0.15, -0.1) is 0 Å². The molecule has 8 nitrogen and oxygen atoms in total. The Morgan fingerprint density at radius 3 is 2.45 bits per heavy atom. The first kappa shape index (κ1) is 29.1. The molecule has 1 aliphatic rings. The third-order valence-corrected chi connectivity index (χ3v) is 7.78. The number of nitrogens with zero attached hydrogens (tertiary/aromatic N) is 2. The van der Waals surface area contributed by atoms with Gasteiger partial charge in [0.25, 0.3) is 0 Å². The number of likely N-dealkylation sites (tertiary alicyclic amines) is 1. The highest BCUT2D eigenvalue weighted by molar-refractivity contribution is 5.99. The number of carbonyl (C=O) groups is 2. The number of hydrogen-bond donors (Lipinski definition) is 3. The van der Waals surface area contributed by atoms with Gasteiger partial charge in [0.15, 0.2) is 0 Å². The van der Waals surface area contributed by atoms with Crippen LogP contribution in [0, 0.1) is 5.82 Å². The molecule has 1 saturated heterocycles. The number of ether oxygens (including phenoxy) is 1. The van der Waals surface area contributed by atoms with E-state index in [9.17, 15) is 14.0 Å². The monoisotopic (exact) mass is 571 g/mol. The molecule has 0 spiro atoms. The average Bonchev–Trinajstić information content (AvgIpc) is 3.42. The number of anilines is 1. The van der Waals surface area contributed by atoms with Crippen LogP contribution in [0.1, 0.15) is 36.8 Å². The van der Waals surface area contributed by atoms with Gasteiger partial charge in [0.2, 0.25) is 5.91 Å². The Morgan fingerprint density at radius 1 is 1.02 bits per heavy atom. The van der Waals surface area contributed by atoms with Gasteiger partial charge in [-0.1, -0.05) is 43.3 Å². The molecule has 3 N–H and O–H groups in total. The largest absolute Gasteiger partial charge is 0.490 e. The maximum Gasteiger partial charge on any atom is 0.318 e. The minimum Gasteiger partial charge on any atom is -0.490 e. The van der Waals surface area contributed by atoms with Crippen molar-refractivity contribution in [2.45, 2.75) is 44.4 Å². The van der Waals surface area contributed by atoms with Crippen LogP contribution in [0.15, 0.2) is 79.0 Å². The zero-order valence-corrected chi connectivity index (χ0v) is 24.3. The van der Waals surface area contributed by atoms with E-state index in [1.165, 1.54) is 12.1 Å². The number of aromatic nitrogens is 1. The topological polar surface area (TPSA) is 89.7 Å². The van der Waals surface area contributed by atoms with E-state index in [1.54, 1.807) is 17.0 Å². The second-order valence-corrected chi connectivity index (χ2v) is 11.1. The van der Waals surface area contributed by atoms with Crippen molar-refractivity contribution in [3.63, 3.8) is 0 Å². The summed E-state index contributed by atoms with van der Waals surface area (Å²) in [7, 11) is 3.96. The second kappa shape index (κ2) is 13.1. The average molecular weight is 572 g/mol. The van der Waals surface area contributed by atoms with Gasteiger partial charge in [-0.25, -0.2) is 9.18 Å². The normalized spacial score (nSPS) is 15.4. The van der Waals surface area contributed by atoms with Crippen molar-refractivity contribution in [3.05, 3.63) is 95.9 Å². The van der Waals surface area contributed by atoms with Crippen LogP contribution in [-0.2, 0) is 11.3 Å². The maximum absolute atomic E-state index is 13.9. The number of H-pyrrole nitrogens is 1. The first-order valence-electron chi connectivity index (χ1n) is 14.4. The van der Waals surface area contributed by atoms with Gasteiger partial charge in [0.05, 0.1) is 0 Å². The van der Waals surface area contributed by atoms with Crippen molar-refractivity contribution in [2.75, 3.05) is 32.5 Å². The summed E-state index contributed by atoms with van der Waals surface area (Å²) in [6.07, 6.45) is 3.12. The molecule has 0 radical (unpaired) electrons. The molecule has 3 aromatic carbocycles. The molecule has 1 aliphatic heterocycles. The molecular formula is C33H38FN5O3. The summed E-state index contributed by atoms with van der Waals surface area (Å²) < 4.78 is 19.2. The fraction of sp³-hybridized carbons (Fsp3) is 0.333. The number of carbonyl (C=O) groups excluding carboxylic acids is 2. The number of amides is 3. The van der Waals surface area contributed by atoms with Crippen LogP contribution in [0.4, 0.5) is 14.9 Å². The lowest BCUT2D eigenvalue weighted by Gasteiger charge is -2.34. The Labute approximate surface area is 245 Å². The van der Waals surface area contributed by atoms with Gasteiger partial charge in [-0.2, -0.15) is 0 Å². The highest BCUT2D eigenvalue weighted by Gasteiger charge is 2.33. The Hall–Kier alpha value is -4.37. The first-order valence-corrected chi connectivity index (χ1v) is 14.4. The van der Waals surface area contributed by atoms with E-state index in [0.717, 1.165) is 27.7 Å². The van der Waals surface area contributed by atoms with E-state index < -0.39 is 6.04 Å². The van der Waals surface area contributed by atoms with E-state index in [2.05, 4.69) is 15.6 Å². The molecule has 0 aliphatic carbocycles. The molecule has 220 valence electrons. The smallest absolute Gasteiger partial charge is 0.318 e. The van der Waals surface area contributed by atoms with Crippen LogP contribution in [-0.4, -0.2) is 66.1 Å². The minimum atomic E-state index is -0.822. The first-order chi connectivity index (χ1) is 20.3. The molecule has 0 saturated carbocycles. The molecule has 9 heteroatoms. The molecule has 2 atom stereocenters. The predicted octanol–water partition coefficient (Wildman–Crippen LogP) is 5.73. The van der Waals surface area contributed by atoms with Gasteiger partial charge < -0.3 is 30.2 Å². The van der Waals surface area contributed by atoms with Crippen LogP contribution in [0.5, 0.6) is 5.75 Å². The number of rotatable bonds is 9. The summed E-state index contributed by atoms with van der Waals surface area (Å²) in [5, 5.41) is 7.17. The van der Waals surface area contributed by atoms with Crippen LogP contribution >= 0.6 is 0 Å². The molecule has 3 amide bonds. The number of fused-ring (bicyclic) bond motifs is 1. The van der Waals surface area contributed by atoms with Crippen LogP contribution in [0.2, 0.25) is 0 Å². The van der Waals surface area contributed by atoms with E-state index >= 15 is 0 Å². The fourth-order valence-electron chi connectivity index (χ4n) is 5.51. The van der Waals surface area contributed by atoms with Crippen molar-refractivity contribution >= 4 is 28.5 Å². The number of benzene rings is 3. The molecular weight excluding hydrogens is 533 g/mol. The van der Waals surface area contributed by atoms with E-state index in [1.807, 2.05) is 80.6 Å². The van der Waals surface area contributed by atoms with Gasteiger partial charge in [0.1, 0.15) is 23.7 Å². The maximum atomic E-state index is 13.9. The molecule has 5 rings (SSSR count). The zero-order valence-electron chi connectivity index (χ0n) is 24.3. The summed E-state index contributed by atoms with van der Waals surface area (Å²) in [6.45, 7) is 3.60. The zero-order chi connectivity index (χ0) is 29.6. The predicted molar refractivity (Wildman–Crippen MR) is 163 cm³/mol. The summed E-state index contributed by atoms with van der Waals surface area (Å²) in [6, 6.07) is 20.5. The number of aromatic amines is 1. The summed E-state index contributed by atoms with van der Waals surface area (Å²) in [5.41, 5.74) is 3.65. The van der Waals surface area contributed by atoms with Crippen molar-refractivity contribution in [1.82, 2.24) is 20.1 Å². The SMILES string of the molecule is CC(c1c[nH]c2ccccc12)C(NC(=O)N1CCC(Oc2ccc(F)cc2)CC1)C(=O)Nc1ccccc1CN(C)C. The van der Waals surface area contributed by atoms with Crippen LogP contribution < -0.4 is 15.4 Å². The molecule has 1 fully saturated rings. The molecule has 2 heterocycles. The number of urea groups is 1. The quantitative estimate of drug-likeness (QED) is 0.239. The molecule has 0 bridgehead atoms. The van der Waals surface area contributed by atoms with Gasteiger partial charge >= 0.3 is 6.03 Å². The molecule has 42 heavy (non-hydrogen) atoms. The third kappa shape index (κ3) is 6.91. The van der Waals surface area contributed by atoms with Crippen LogP contribution in [0.3, 0.4) is 0 Å². The number of piperidine rings is 1. The standard InChI is InChI=1S/C33H38FN5O3/c1-22(28-20-35-30-11-7-5-9-27(28)30)31(32(40)36-29-10-6-4-8-23(29)21-38(2)3)37-33(41)39-18-16-26(17-19-39)42-25-14-12-24(34)13-15-25/h4-15,20,22,26,31,35H,16-19,21H2,1-3H3,(H,36,40)(H,37,41).